The third-order valence-corrected chi connectivity index (χ3v) is 4.71. The fourth-order valence-electron chi connectivity index (χ4n) is 2.19. The molecule has 8 nitrogen and oxygen atoms in total. The molecular weight excluding hydrogens is 453 g/mol. The highest BCUT2D eigenvalue weighted by Gasteiger charge is 2.30. The van der Waals surface area contributed by atoms with Crippen molar-refractivity contribution < 1.29 is 40.7 Å². The average Bonchev–Trinajstić information content (AvgIpc) is 2.71. The monoisotopic (exact) mass is 472 g/mol. The topological polar surface area (TPSA) is 111 Å². The molecule has 2 aromatic carbocycles. The van der Waals surface area contributed by atoms with Crippen LogP contribution in [0.5, 0.6) is 5.75 Å². The van der Waals surface area contributed by atoms with Gasteiger partial charge in [0.25, 0.3) is 5.91 Å². The van der Waals surface area contributed by atoms with E-state index >= 15 is 0 Å². The van der Waals surface area contributed by atoms with Crippen molar-refractivity contribution in [1.82, 2.24) is 4.72 Å². The summed E-state index contributed by atoms with van der Waals surface area (Å²) < 4.78 is 70.5. The maximum Gasteiger partial charge on any atom is 0.573 e. The van der Waals surface area contributed by atoms with E-state index in [4.69, 9.17) is 0 Å². The second-order valence-electron chi connectivity index (χ2n) is 6.36. The number of ether oxygens (including phenoxy) is 2. The first-order valence-corrected chi connectivity index (χ1v) is 10.5. The largest absolute Gasteiger partial charge is 0.573 e. The van der Waals surface area contributed by atoms with Gasteiger partial charge in [-0.15, -0.1) is 13.2 Å². The summed E-state index contributed by atoms with van der Waals surface area (Å²) in [6.07, 6.45) is -3.48. The van der Waals surface area contributed by atoms with Crippen molar-refractivity contribution in [3.8, 4) is 5.75 Å². The van der Waals surface area contributed by atoms with Gasteiger partial charge in [-0.2, -0.15) is 0 Å². The zero-order chi connectivity index (χ0) is 23.8. The minimum absolute atomic E-state index is 0.141. The molecule has 0 atom stereocenters. The van der Waals surface area contributed by atoms with E-state index in [0.717, 1.165) is 35.2 Å². The summed E-state index contributed by atoms with van der Waals surface area (Å²) >= 11 is 0. The maximum atomic E-state index is 12.1. The Morgan fingerprint density at radius 1 is 1.03 bits per heavy atom. The normalized spacial score (nSPS) is 11.9. The number of benzene rings is 2. The Labute approximate surface area is 182 Å². The van der Waals surface area contributed by atoms with Gasteiger partial charge in [0.1, 0.15) is 12.3 Å². The molecule has 32 heavy (non-hydrogen) atoms. The van der Waals surface area contributed by atoms with Gasteiger partial charge in [-0.25, -0.2) is 13.1 Å². The number of halogens is 3. The average molecular weight is 472 g/mol. The fourth-order valence-corrected chi connectivity index (χ4v) is 2.94. The summed E-state index contributed by atoms with van der Waals surface area (Å²) in [7, 11) is -3.91. The molecule has 0 radical (unpaired) electrons. The summed E-state index contributed by atoms with van der Waals surface area (Å²) in [5.74, 6) is -2.24. The van der Waals surface area contributed by atoms with Gasteiger partial charge in [-0.1, -0.05) is 29.8 Å². The van der Waals surface area contributed by atoms with Gasteiger partial charge >= 0.3 is 12.3 Å². The van der Waals surface area contributed by atoms with Crippen LogP contribution in [0.15, 0.2) is 53.9 Å². The second-order valence-corrected chi connectivity index (χ2v) is 8.01. The molecule has 0 spiro atoms. The Kier molecular flexibility index (Phi) is 8.38. The number of carbonyl (C=O) groups is 2. The summed E-state index contributed by atoms with van der Waals surface area (Å²) in [6, 6.07) is 11.4. The molecule has 0 saturated heterocycles. The molecule has 2 rings (SSSR count). The molecular formula is C20H19F3N2O6S. The van der Waals surface area contributed by atoms with Crippen molar-refractivity contribution in [3.63, 3.8) is 0 Å². The SMILES string of the molecule is Cc1ccc(C=CS(=O)(=O)NCC(=O)OCC(=O)Nc2ccc(OC(F)(F)F)cc2)cc1. The minimum Gasteiger partial charge on any atom is -0.455 e. The lowest BCUT2D eigenvalue weighted by Gasteiger charge is -2.10. The van der Waals surface area contributed by atoms with Crippen LogP contribution in [0.2, 0.25) is 0 Å². The van der Waals surface area contributed by atoms with Crippen LogP contribution in [0.1, 0.15) is 11.1 Å². The first kappa shape index (κ1) is 24.9. The number of anilines is 1. The van der Waals surface area contributed by atoms with Crippen molar-refractivity contribution in [2.45, 2.75) is 13.3 Å². The highest BCUT2D eigenvalue weighted by atomic mass is 32.2. The molecule has 0 aliphatic heterocycles. The predicted molar refractivity (Wildman–Crippen MR) is 110 cm³/mol. The van der Waals surface area contributed by atoms with Crippen molar-refractivity contribution in [3.05, 3.63) is 65.1 Å². The molecule has 0 aliphatic rings. The van der Waals surface area contributed by atoms with Gasteiger partial charge in [0.05, 0.1) is 0 Å². The molecule has 172 valence electrons. The Morgan fingerprint density at radius 2 is 1.66 bits per heavy atom. The third kappa shape index (κ3) is 9.62. The quantitative estimate of drug-likeness (QED) is 0.543. The molecule has 2 aromatic rings. The lowest BCUT2D eigenvalue weighted by molar-refractivity contribution is -0.274. The number of rotatable bonds is 9. The minimum atomic E-state index is -4.84. The van der Waals surface area contributed by atoms with E-state index in [1.165, 1.54) is 6.08 Å². The van der Waals surface area contributed by atoms with E-state index in [-0.39, 0.29) is 5.69 Å². The standard InChI is InChI=1S/C20H19F3N2O6S/c1-14-2-4-15(5-3-14)10-11-32(28,29)24-12-19(27)30-13-18(26)25-16-6-8-17(9-7-16)31-20(21,22)23/h2-11,24H,12-13H2,1H3,(H,25,26). The van der Waals surface area contributed by atoms with Gasteiger partial charge in [-0.3, -0.25) is 9.59 Å². The smallest absolute Gasteiger partial charge is 0.455 e. The van der Waals surface area contributed by atoms with Crippen molar-refractivity contribution >= 4 is 33.7 Å². The number of hydrogen-bond donors (Lipinski definition) is 2. The van der Waals surface area contributed by atoms with E-state index < -0.39 is 47.2 Å². The number of carbonyl (C=O) groups excluding carboxylic acids is 2. The first-order chi connectivity index (χ1) is 14.9. The van der Waals surface area contributed by atoms with Gasteiger partial charge in [0.15, 0.2) is 6.61 Å². The Morgan fingerprint density at radius 3 is 2.25 bits per heavy atom. The molecule has 1 amide bonds. The molecule has 12 heteroatoms. The Hall–Kier alpha value is -3.38. The molecule has 0 heterocycles. The molecule has 0 bridgehead atoms. The van der Waals surface area contributed by atoms with Crippen molar-refractivity contribution in [2.75, 3.05) is 18.5 Å². The predicted octanol–water partition coefficient (Wildman–Crippen LogP) is 2.97. The molecule has 0 aromatic heterocycles. The Bertz CT molecular complexity index is 1070. The highest BCUT2D eigenvalue weighted by molar-refractivity contribution is 7.92. The first-order valence-electron chi connectivity index (χ1n) is 8.97. The lowest BCUT2D eigenvalue weighted by Crippen LogP contribution is -2.31. The van der Waals surface area contributed by atoms with Gasteiger partial charge in [0.2, 0.25) is 10.0 Å². The molecule has 0 aliphatic carbocycles. The summed E-state index contributed by atoms with van der Waals surface area (Å²) in [5, 5.41) is 3.19. The van der Waals surface area contributed by atoms with Gasteiger partial charge in [0, 0.05) is 11.1 Å². The van der Waals surface area contributed by atoms with Crippen LogP contribution in [0.4, 0.5) is 18.9 Å². The van der Waals surface area contributed by atoms with E-state index in [1.54, 1.807) is 12.1 Å². The zero-order valence-corrected chi connectivity index (χ0v) is 17.5. The number of sulfonamides is 1. The number of esters is 1. The van der Waals surface area contributed by atoms with E-state index in [0.29, 0.717) is 5.56 Å². The highest BCUT2D eigenvalue weighted by Crippen LogP contribution is 2.23. The second kappa shape index (κ2) is 10.8. The van der Waals surface area contributed by atoms with Crippen molar-refractivity contribution in [1.29, 1.82) is 0 Å². The number of aryl methyl sites for hydroxylation is 1. The van der Waals surface area contributed by atoms with Crippen LogP contribution < -0.4 is 14.8 Å². The van der Waals surface area contributed by atoms with Crippen LogP contribution in [0, 0.1) is 6.92 Å². The van der Waals surface area contributed by atoms with Crippen LogP contribution in [-0.4, -0.2) is 39.8 Å². The number of hydrogen-bond acceptors (Lipinski definition) is 6. The molecule has 0 unspecified atom stereocenters. The van der Waals surface area contributed by atoms with E-state index in [1.807, 2.05) is 23.8 Å². The van der Waals surface area contributed by atoms with Gasteiger partial charge < -0.3 is 14.8 Å². The van der Waals surface area contributed by atoms with Crippen LogP contribution in [0.25, 0.3) is 6.08 Å². The van der Waals surface area contributed by atoms with Gasteiger partial charge in [-0.05, 0) is 42.8 Å². The van der Waals surface area contributed by atoms with E-state index in [9.17, 15) is 31.2 Å². The zero-order valence-electron chi connectivity index (χ0n) is 16.7. The van der Waals surface area contributed by atoms with E-state index in [2.05, 4.69) is 14.8 Å². The molecule has 0 saturated carbocycles. The van der Waals surface area contributed by atoms with Crippen LogP contribution in [0.3, 0.4) is 0 Å². The maximum absolute atomic E-state index is 12.1. The lowest BCUT2D eigenvalue weighted by atomic mass is 10.2. The number of nitrogens with one attached hydrogen (secondary N) is 2. The molecule has 0 fully saturated rings. The summed E-state index contributed by atoms with van der Waals surface area (Å²) in [6.45, 7) is 0.471. The summed E-state index contributed by atoms with van der Waals surface area (Å²) in [4.78, 5) is 23.4. The Balaban J connectivity index is 1.75. The fraction of sp³-hybridized carbons (Fsp3) is 0.200. The third-order valence-electron chi connectivity index (χ3n) is 3.67. The van der Waals surface area contributed by atoms with Crippen LogP contribution >= 0.6 is 0 Å². The number of amides is 1. The summed E-state index contributed by atoms with van der Waals surface area (Å²) in [5.41, 5.74) is 1.81. The van der Waals surface area contributed by atoms with Crippen LogP contribution in [-0.2, 0) is 24.3 Å². The molecule has 2 N–H and O–H groups in total. The number of alkyl halides is 3. The van der Waals surface area contributed by atoms with Crippen molar-refractivity contribution in [2.24, 2.45) is 0 Å².